The number of hydrogen-bond donors (Lipinski definition) is 1. The monoisotopic (exact) mass is 516 g/mol. The fraction of sp³-hybridized carbons (Fsp3) is 0.214. The van der Waals surface area contributed by atoms with Crippen LogP contribution in [-0.2, 0) is 17.6 Å². The number of hydrogen-bond acceptors (Lipinski definition) is 6. The number of aliphatic carboxylic acids is 1. The Balaban J connectivity index is 1.39. The fourth-order valence-corrected chi connectivity index (χ4v) is 4.78. The van der Waals surface area contributed by atoms with Gasteiger partial charge in [-0.3, -0.25) is 9.59 Å². The highest BCUT2D eigenvalue weighted by molar-refractivity contribution is 6.29. The topological polar surface area (TPSA) is 95.9 Å². The van der Waals surface area contributed by atoms with Gasteiger partial charge < -0.3 is 19.6 Å². The van der Waals surface area contributed by atoms with Gasteiger partial charge in [0.1, 0.15) is 16.7 Å². The van der Waals surface area contributed by atoms with E-state index in [-0.39, 0.29) is 12.3 Å². The first-order chi connectivity index (χ1) is 17.9. The van der Waals surface area contributed by atoms with Crippen molar-refractivity contribution < 1.29 is 19.4 Å². The smallest absolute Gasteiger partial charge is 0.307 e. The standard InChI is InChI=1S/C28H25ClN4O4/c1-3-33-26-21(28(36)32(2)22-9-11-24(29)31-27(22)33)14-17(16-30-26)12-13-37-23-10-8-18(15-25(34)35)19-6-4-5-7-20(19)23/h4-11,14,16H,3,12-13,15H2,1-2H3,(H,34,35). The summed E-state index contributed by atoms with van der Waals surface area (Å²) < 4.78 is 6.10. The molecule has 0 saturated carbocycles. The predicted octanol–water partition coefficient (Wildman–Crippen LogP) is 5.28. The lowest BCUT2D eigenvalue weighted by molar-refractivity contribution is -0.136. The molecule has 2 aromatic carbocycles. The van der Waals surface area contributed by atoms with Gasteiger partial charge in [0.2, 0.25) is 0 Å². The molecule has 0 fully saturated rings. The Labute approximate surface area is 219 Å². The molecule has 1 amide bonds. The average molecular weight is 517 g/mol. The van der Waals surface area contributed by atoms with Crippen LogP contribution in [0.25, 0.3) is 10.8 Å². The van der Waals surface area contributed by atoms with Crippen LogP contribution < -0.4 is 14.5 Å². The fourth-order valence-electron chi connectivity index (χ4n) is 4.63. The second-order valence-corrected chi connectivity index (χ2v) is 9.12. The Bertz CT molecular complexity index is 1520. The lowest BCUT2D eigenvalue weighted by atomic mass is 10.0. The van der Waals surface area contributed by atoms with Crippen LogP contribution in [0.5, 0.6) is 5.75 Å². The van der Waals surface area contributed by atoms with E-state index in [1.165, 1.54) is 0 Å². The number of carboxylic acids is 1. The van der Waals surface area contributed by atoms with Crippen LogP contribution in [0.1, 0.15) is 28.4 Å². The number of benzene rings is 2. The third-order valence-corrected chi connectivity index (χ3v) is 6.64. The van der Waals surface area contributed by atoms with Gasteiger partial charge in [0.25, 0.3) is 5.91 Å². The SMILES string of the molecule is CCN1c2ncc(CCOc3ccc(CC(=O)O)c4ccccc34)cc2C(=O)N(C)c2ccc(Cl)nc21. The van der Waals surface area contributed by atoms with Crippen molar-refractivity contribution in [2.24, 2.45) is 0 Å². The van der Waals surface area contributed by atoms with E-state index in [2.05, 4.69) is 9.97 Å². The molecular formula is C28H25ClN4O4. The van der Waals surface area contributed by atoms with Gasteiger partial charge in [-0.15, -0.1) is 0 Å². The molecule has 37 heavy (non-hydrogen) atoms. The van der Waals surface area contributed by atoms with E-state index in [4.69, 9.17) is 16.3 Å². The molecule has 0 bridgehead atoms. The maximum Gasteiger partial charge on any atom is 0.307 e. The number of aromatic nitrogens is 2. The third-order valence-electron chi connectivity index (χ3n) is 6.43. The highest BCUT2D eigenvalue weighted by Crippen LogP contribution is 2.38. The summed E-state index contributed by atoms with van der Waals surface area (Å²) in [5.74, 6) is 0.757. The Morgan fingerprint density at radius 3 is 2.62 bits per heavy atom. The van der Waals surface area contributed by atoms with Gasteiger partial charge >= 0.3 is 5.97 Å². The van der Waals surface area contributed by atoms with Gasteiger partial charge in [-0.1, -0.05) is 41.9 Å². The van der Waals surface area contributed by atoms with Crippen LogP contribution in [0.3, 0.4) is 0 Å². The number of ether oxygens (including phenoxy) is 1. The Morgan fingerprint density at radius 2 is 1.86 bits per heavy atom. The maximum absolute atomic E-state index is 13.4. The molecule has 0 atom stereocenters. The van der Waals surface area contributed by atoms with Gasteiger partial charge in [0.15, 0.2) is 5.82 Å². The summed E-state index contributed by atoms with van der Waals surface area (Å²) in [6, 6.07) is 16.5. The van der Waals surface area contributed by atoms with E-state index in [1.807, 2.05) is 48.2 Å². The first kappa shape index (κ1) is 24.5. The quantitative estimate of drug-likeness (QED) is 0.334. The van der Waals surface area contributed by atoms with Crippen LogP contribution in [0.4, 0.5) is 17.3 Å². The summed E-state index contributed by atoms with van der Waals surface area (Å²) in [7, 11) is 1.72. The van der Waals surface area contributed by atoms with Gasteiger partial charge in [-0.05, 0) is 47.7 Å². The van der Waals surface area contributed by atoms with Crippen molar-refractivity contribution in [2.45, 2.75) is 19.8 Å². The Kier molecular flexibility index (Phi) is 6.67. The van der Waals surface area contributed by atoms with Crippen LogP contribution in [0, 0.1) is 0 Å². The molecule has 0 unspecified atom stereocenters. The molecule has 0 aliphatic carbocycles. The third kappa shape index (κ3) is 4.68. The summed E-state index contributed by atoms with van der Waals surface area (Å²) in [6.45, 7) is 2.90. The number of carbonyl (C=O) groups excluding carboxylic acids is 1. The van der Waals surface area contributed by atoms with Crippen molar-refractivity contribution in [1.29, 1.82) is 0 Å². The molecule has 8 nitrogen and oxygen atoms in total. The van der Waals surface area contributed by atoms with Crippen LogP contribution in [-0.4, -0.2) is 47.2 Å². The van der Waals surface area contributed by atoms with Gasteiger partial charge in [-0.2, -0.15) is 0 Å². The molecule has 188 valence electrons. The maximum atomic E-state index is 13.4. The second-order valence-electron chi connectivity index (χ2n) is 8.74. The first-order valence-corrected chi connectivity index (χ1v) is 12.3. The molecule has 0 spiro atoms. The van der Waals surface area contributed by atoms with Crippen LogP contribution in [0.2, 0.25) is 5.15 Å². The number of halogens is 1. The lowest BCUT2D eigenvalue weighted by Gasteiger charge is -2.23. The van der Waals surface area contributed by atoms with Crippen molar-refractivity contribution >= 4 is 51.6 Å². The van der Waals surface area contributed by atoms with E-state index in [1.54, 1.807) is 36.3 Å². The van der Waals surface area contributed by atoms with Gasteiger partial charge in [0.05, 0.1) is 24.3 Å². The Morgan fingerprint density at radius 1 is 1.08 bits per heavy atom. The normalized spacial score (nSPS) is 12.8. The number of fused-ring (bicyclic) bond motifs is 3. The highest BCUT2D eigenvalue weighted by Gasteiger charge is 2.31. The molecule has 0 radical (unpaired) electrons. The lowest BCUT2D eigenvalue weighted by Crippen LogP contribution is -2.25. The zero-order valence-electron chi connectivity index (χ0n) is 20.4. The van der Waals surface area contributed by atoms with Gasteiger partial charge in [-0.25, -0.2) is 9.97 Å². The number of carbonyl (C=O) groups is 2. The number of amides is 1. The Hall–Kier alpha value is -4.17. The second kappa shape index (κ2) is 10.1. The zero-order valence-corrected chi connectivity index (χ0v) is 21.2. The average Bonchev–Trinajstić information content (AvgIpc) is 2.97. The largest absolute Gasteiger partial charge is 0.493 e. The molecule has 9 heteroatoms. The van der Waals surface area contributed by atoms with E-state index in [0.717, 1.165) is 21.9 Å². The van der Waals surface area contributed by atoms with E-state index < -0.39 is 5.97 Å². The summed E-state index contributed by atoms with van der Waals surface area (Å²) >= 11 is 6.16. The number of carboxylic acid groups (broad SMARTS) is 1. The van der Waals surface area contributed by atoms with E-state index in [0.29, 0.717) is 53.4 Å². The molecule has 4 aromatic rings. The van der Waals surface area contributed by atoms with Crippen molar-refractivity contribution in [3.8, 4) is 5.75 Å². The molecule has 2 aromatic heterocycles. The number of pyridine rings is 2. The minimum Gasteiger partial charge on any atom is -0.493 e. The van der Waals surface area contributed by atoms with E-state index in [9.17, 15) is 14.7 Å². The minimum absolute atomic E-state index is 0.0512. The predicted molar refractivity (Wildman–Crippen MR) is 143 cm³/mol. The van der Waals surface area contributed by atoms with Crippen LogP contribution in [0.15, 0.2) is 60.8 Å². The highest BCUT2D eigenvalue weighted by atomic mass is 35.5. The molecule has 0 saturated heterocycles. The van der Waals surface area contributed by atoms with Crippen molar-refractivity contribution in [3.63, 3.8) is 0 Å². The first-order valence-electron chi connectivity index (χ1n) is 11.9. The molecule has 3 heterocycles. The summed E-state index contributed by atoms with van der Waals surface area (Å²) in [4.78, 5) is 37.2. The van der Waals surface area contributed by atoms with Crippen molar-refractivity contribution in [3.05, 3.63) is 82.6 Å². The molecule has 1 aliphatic rings. The number of nitrogens with zero attached hydrogens (tertiary/aromatic N) is 4. The molecule has 1 N–H and O–H groups in total. The van der Waals surface area contributed by atoms with Crippen molar-refractivity contribution in [1.82, 2.24) is 9.97 Å². The number of anilines is 3. The molecule has 5 rings (SSSR count). The van der Waals surface area contributed by atoms with Gasteiger partial charge in [0, 0.05) is 31.6 Å². The zero-order chi connectivity index (χ0) is 26.1. The molecular weight excluding hydrogens is 492 g/mol. The van der Waals surface area contributed by atoms with E-state index >= 15 is 0 Å². The number of rotatable bonds is 7. The van der Waals surface area contributed by atoms with Crippen LogP contribution >= 0.6 is 11.6 Å². The minimum atomic E-state index is -0.877. The van der Waals surface area contributed by atoms with Crippen molar-refractivity contribution in [2.75, 3.05) is 30.0 Å². The molecule has 1 aliphatic heterocycles. The summed E-state index contributed by atoms with van der Waals surface area (Å²) in [5.41, 5.74) is 2.75. The summed E-state index contributed by atoms with van der Waals surface area (Å²) in [6.07, 6.45) is 2.23. The summed E-state index contributed by atoms with van der Waals surface area (Å²) in [5, 5.41) is 11.3.